The SMILES string of the molecule is Cc1cc(F)ccc1CC(Cc1ccc(F)cc1)NN. The monoisotopic (exact) mass is 276 g/mol. The maximum Gasteiger partial charge on any atom is 0.123 e. The van der Waals surface area contributed by atoms with Crippen LogP contribution in [0.1, 0.15) is 16.7 Å². The molecule has 0 saturated carbocycles. The Morgan fingerprint density at radius 1 is 1.00 bits per heavy atom. The van der Waals surface area contributed by atoms with Gasteiger partial charge in [-0.15, -0.1) is 0 Å². The summed E-state index contributed by atoms with van der Waals surface area (Å²) in [5.41, 5.74) is 5.74. The van der Waals surface area contributed by atoms with Crippen LogP contribution in [0.3, 0.4) is 0 Å². The van der Waals surface area contributed by atoms with Crippen LogP contribution in [0.4, 0.5) is 8.78 Å². The lowest BCUT2D eigenvalue weighted by Crippen LogP contribution is -2.38. The summed E-state index contributed by atoms with van der Waals surface area (Å²) in [6.07, 6.45) is 1.38. The summed E-state index contributed by atoms with van der Waals surface area (Å²) < 4.78 is 25.9. The molecule has 1 unspecified atom stereocenters. The molecule has 3 N–H and O–H groups in total. The number of nitrogens with two attached hydrogens (primary N) is 1. The first-order valence-corrected chi connectivity index (χ1v) is 6.54. The molecule has 20 heavy (non-hydrogen) atoms. The lowest BCUT2D eigenvalue weighted by Gasteiger charge is -2.17. The predicted octanol–water partition coefficient (Wildman–Crippen LogP) is 2.89. The average Bonchev–Trinajstić information content (AvgIpc) is 2.43. The van der Waals surface area contributed by atoms with Gasteiger partial charge in [0.05, 0.1) is 0 Å². The van der Waals surface area contributed by atoms with E-state index in [1.54, 1.807) is 18.2 Å². The molecule has 2 aromatic carbocycles. The Morgan fingerprint density at radius 2 is 1.65 bits per heavy atom. The zero-order chi connectivity index (χ0) is 14.5. The minimum Gasteiger partial charge on any atom is -0.271 e. The zero-order valence-corrected chi connectivity index (χ0v) is 11.4. The first-order chi connectivity index (χ1) is 9.58. The first kappa shape index (κ1) is 14.6. The average molecular weight is 276 g/mol. The van der Waals surface area contributed by atoms with Crippen molar-refractivity contribution < 1.29 is 8.78 Å². The maximum absolute atomic E-state index is 13.1. The van der Waals surface area contributed by atoms with Crippen molar-refractivity contribution in [1.82, 2.24) is 5.43 Å². The lowest BCUT2D eigenvalue weighted by atomic mass is 9.96. The van der Waals surface area contributed by atoms with Crippen LogP contribution in [0.25, 0.3) is 0 Å². The van der Waals surface area contributed by atoms with Crippen LogP contribution in [0.15, 0.2) is 42.5 Å². The molecule has 0 aromatic heterocycles. The second kappa shape index (κ2) is 6.59. The van der Waals surface area contributed by atoms with Crippen molar-refractivity contribution >= 4 is 0 Å². The van der Waals surface area contributed by atoms with Crippen molar-refractivity contribution in [2.75, 3.05) is 0 Å². The van der Waals surface area contributed by atoms with E-state index >= 15 is 0 Å². The van der Waals surface area contributed by atoms with E-state index in [-0.39, 0.29) is 17.7 Å². The number of hydrogen-bond acceptors (Lipinski definition) is 2. The van der Waals surface area contributed by atoms with Crippen molar-refractivity contribution in [2.24, 2.45) is 5.84 Å². The van der Waals surface area contributed by atoms with E-state index in [1.165, 1.54) is 24.3 Å². The molecule has 1 atom stereocenters. The molecule has 4 heteroatoms. The Bertz CT molecular complexity index is 567. The zero-order valence-electron chi connectivity index (χ0n) is 11.4. The van der Waals surface area contributed by atoms with Gasteiger partial charge in [0.1, 0.15) is 11.6 Å². The Hall–Kier alpha value is -1.78. The minimum absolute atomic E-state index is 0.0182. The maximum atomic E-state index is 13.1. The van der Waals surface area contributed by atoms with Gasteiger partial charge >= 0.3 is 0 Å². The Morgan fingerprint density at radius 3 is 2.25 bits per heavy atom. The highest BCUT2D eigenvalue weighted by Crippen LogP contribution is 2.14. The van der Waals surface area contributed by atoms with Crippen LogP contribution in [-0.4, -0.2) is 6.04 Å². The molecule has 0 heterocycles. The smallest absolute Gasteiger partial charge is 0.123 e. The Labute approximate surface area is 117 Å². The van der Waals surface area contributed by atoms with Crippen molar-refractivity contribution in [2.45, 2.75) is 25.8 Å². The van der Waals surface area contributed by atoms with Crippen LogP contribution in [0, 0.1) is 18.6 Å². The van der Waals surface area contributed by atoms with E-state index in [4.69, 9.17) is 5.84 Å². The summed E-state index contributed by atoms with van der Waals surface area (Å²) in [5, 5.41) is 0. The fourth-order valence-electron chi connectivity index (χ4n) is 2.25. The molecular weight excluding hydrogens is 258 g/mol. The van der Waals surface area contributed by atoms with Crippen molar-refractivity contribution in [3.63, 3.8) is 0 Å². The fraction of sp³-hybridized carbons (Fsp3) is 0.250. The van der Waals surface area contributed by atoms with Gasteiger partial charge in [0.2, 0.25) is 0 Å². The molecule has 106 valence electrons. The van der Waals surface area contributed by atoms with Crippen molar-refractivity contribution in [3.05, 3.63) is 70.8 Å². The molecule has 0 radical (unpaired) electrons. The lowest BCUT2D eigenvalue weighted by molar-refractivity contribution is 0.520. The number of rotatable bonds is 5. The third-order valence-electron chi connectivity index (χ3n) is 3.40. The summed E-state index contributed by atoms with van der Waals surface area (Å²) >= 11 is 0. The van der Waals surface area contributed by atoms with E-state index in [1.807, 2.05) is 6.92 Å². The van der Waals surface area contributed by atoms with Crippen LogP contribution >= 0.6 is 0 Å². The van der Waals surface area contributed by atoms with Gasteiger partial charge in [-0.25, -0.2) is 8.78 Å². The molecule has 0 spiro atoms. The predicted molar refractivity (Wildman–Crippen MR) is 76.1 cm³/mol. The molecule has 0 aliphatic heterocycles. The van der Waals surface area contributed by atoms with Crippen LogP contribution in [0.2, 0.25) is 0 Å². The molecule has 0 aliphatic carbocycles. The van der Waals surface area contributed by atoms with E-state index in [2.05, 4.69) is 5.43 Å². The number of halogens is 2. The second-order valence-corrected chi connectivity index (χ2v) is 4.97. The molecule has 0 saturated heterocycles. The van der Waals surface area contributed by atoms with Crippen LogP contribution in [0.5, 0.6) is 0 Å². The van der Waals surface area contributed by atoms with Gasteiger partial charge < -0.3 is 0 Å². The molecular formula is C16H18F2N2. The van der Waals surface area contributed by atoms with Gasteiger partial charge in [-0.2, -0.15) is 0 Å². The van der Waals surface area contributed by atoms with E-state index in [0.717, 1.165) is 16.7 Å². The summed E-state index contributed by atoms with van der Waals surface area (Å²) in [6.45, 7) is 1.88. The fourth-order valence-corrected chi connectivity index (χ4v) is 2.25. The molecule has 0 fully saturated rings. The second-order valence-electron chi connectivity index (χ2n) is 4.97. The van der Waals surface area contributed by atoms with Crippen LogP contribution < -0.4 is 11.3 Å². The molecule has 2 aromatic rings. The Kier molecular flexibility index (Phi) is 4.82. The summed E-state index contributed by atoms with van der Waals surface area (Å²) in [7, 11) is 0. The van der Waals surface area contributed by atoms with Gasteiger partial charge in [0, 0.05) is 6.04 Å². The van der Waals surface area contributed by atoms with Crippen LogP contribution in [-0.2, 0) is 12.8 Å². The number of hydrogen-bond donors (Lipinski definition) is 2. The van der Waals surface area contributed by atoms with Gasteiger partial charge in [0.15, 0.2) is 0 Å². The summed E-state index contributed by atoms with van der Waals surface area (Å²) in [4.78, 5) is 0. The number of hydrazine groups is 1. The first-order valence-electron chi connectivity index (χ1n) is 6.54. The Balaban J connectivity index is 2.07. The quantitative estimate of drug-likeness (QED) is 0.651. The highest BCUT2D eigenvalue weighted by Gasteiger charge is 2.11. The number of nitrogens with one attached hydrogen (secondary N) is 1. The van der Waals surface area contributed by atoms with E-state index in [0.29, 0.717) is 12.8 Å². The highest BCUT2D eigenvalue weighted by atomic mass is 19.1. The van der Waals surface area contributed by atoms with E-state index in [9.17, 15) is 8.78 Å². The molecule has 0 bridgehead atoms. The summed E-state index contributed by atoms with van der Waals surface area (Å²) in [6, 6.07) is 11.1. The van der Waals surface area contributed by atoms with Crippen molar-refractivity contribution in [1.29, 1.82) is 0 Å². The van der Waals surface area contributed by atoms with Gasteiger partial charge in [-0.05, 0) is 60.7 Å². The molecule has 2 rings (SSSR count). The minimum atomic E-state index is -0.250. The third kappa shape index (κ3) is 3.85. The van der Waals surface area contributed by atoms with E-state index < -0.39 is 0 Å². The van der Waals surface area contributed by atoms with Gasteiger partial charge in [-0.3, -0.25) is 11.3 Å². The van der Waals surface area contributed by atoms with Crippen molar-refractivity contribution in [3.8, 4) is 0 Å². The molecule has 0 amide bonds. The number of benzene rings is 2. The number of aryl methyl sites for hydroxylation is 1. The van der Waals surface area contributed by atoms with Gasteiger partial charge in [-0.1, -0.05) is 18.2 Å². The largest absolute Gasteiger partial charge is 0.271 e. The molecule has 2 nitrogen and oxygen atoms in total. The standard InChI is InChI=1S/C16H18F2N2/c1-11-8-15(18)7-4-13(11)10-16(20-19)9-12-2-5-14(17)6-3-12/h2-8,16,20H,9-10,19H2,1H3. The topological polar surface area (TPSA) is 38.0 Å². The third-order valence-corrected chi connectivity index (χ3v) is 3.40. The van der Waals surface area contributed by atoms with Gasteiger partial charge in [0.25, 0.3) is 0 Å². The molecule has 0 aliphatic rings. The summed E-state index contributed by atoms with van der Waals surface area (Å²) in [5.74, 6) is 5.10. The normalized spacial score (nSPS) is 12.4. The highest BCUT2D eigenvalue weighted by molar-refractivity contribution is 5.28.